The summed E-state index contributed by atoms with van der Waals surface area (Å²) < 4.78 is 26.5. The second-order valence-electron chi connectivity index (χ2n) is 6.41. The molecule has 3 rings (SSSR count). The number of hydrogen-bond donors (Lipinski definition) is 1. The average molecular weight is 346 g/mol. The van der Waals surface area contributed by atoms with Crippen LogP contribution in [0.25, 0.3) is 0 Å². The molecule has 1 saturated carbocycles. The highest BCUT2D eigenvalue weighted by Gasteiger charge is 2.47. The number of allylic oxidation sites excluding steroid dienone is 1. The van der Waals surface area contributed by atoms with E-state index in [4.69, 9.17) is 15.2 Å². The van der Waals surface area contributed by atoms with Gasteiger partial charge in [0.1, 0.15) is 5.92 Å². The molecule has 1 aliphatic heterocycles. The molecule has 5 nitrogen and oxygen atoms in total. The predicted molar refractivity (Wildman–Crippen MR) is 92.6 cm³/mol. The van der Waals surface area contributed by atoms with Crippen molar-refractivity contribution in [3.8, 4) is 0 Å². The van der Waals surface area contributed by atoms with E-state index in [9.17, 15) is 9.18 Å². The van der Waals surface area contributed by atoms with Gasteiger partial charge in [-0.25, -0.2) is 9.38 Å². The number of alkyl halides is 1. The Kier molecular flexibility index (Phi) is 5.30. The molecule has 1 aromatic carbocycles. The molecule has 1 fully saturated rings. The van der Waals surface area contributed by atoms with E-state index in [0.717, 1.165) is 25.7 Å². The van der Waals surface area contributed by atoms with E-state index in [1.165, 1.54) is 19.3 Å². The lowest BCUT2D eigenvalue weighted by Gasteiger charge is -2.37. The third-order valence-corrected chi connectivity index (χ3v) is 4.73. The number of carbonyl (C=O) groups excluding carboxylic acids is 1. The Morgan fingerprint density at radius 1 is 1.32 bits per heavy atom. The lowest BCUT2D eigenvalue weighted by Crippen LogP contribution is -2.50. The molecule has 0 saturated heterocycles. The first-order valence-corrected chi connectivity index (χ1v) is 8.55. The van der Waals surface area contributed by atoms with Crippen molar-refractivity contribution in [2.24, 2.45) is 16.6 Å². The van der Waals surface area contributed by atoms with Gasteiger partial charge < -0.3 is 15.2 Å². The van der Waals surface area contributed by atoms with E-state index in [1.54, 1.807) is 24.3 Å². The van der Waals surface area contributed by atoms with Crippen molar-refractivity contribution in [2.75, 3.05) is 7.11 Å². The Morgan fingerprint density at radius 3 is 2.60 bits per heavy atom. The zero-order valence-corrected chi connectivity index (χ0v) is 14.2. The number of nitrogens with two attached hydrogens (primary N) is 1. The summed E-state index contributed by atoms with van der Waals surface area (Å²) in [7, 11) is 1.40. The Bertz CT molecular complexity index is 671. The molecule has 0 radical (unpaired) electrons. The van der Waals surface area contributed by atoms with Crippen molar-refractivity contribution in [3.63, 3.8) is 0 Å². The van der Waals surface area contributed by atoms with E-state index < -0.39 is 23.9 Å². The molecule has 3 atom stereocenters. The molecule has 1 heterocycles. The van der Waals surface area contributed by atoms with Crippen molar-refractivity contribution >= 4 is 11.6 Å². The number of primary amides is 1. The zero-order chi connectivity index (χ0) is 17.9. The van der Waals surface area contributed by atoms with Crippen molar-refractivity contribution in [3.05, 3.63) is 48.0 Å². The van der Waals surface area contributed by atoms with Crippen LogP contribution in [0.2, 0.25) is 0 Å². The van der Waals surface area contributed by atoms with Crippen LogP contribution in [0.15, 0.2) is 47.5 Å². The lowest BCUT2D eigenvalue weighted by atomic mass is 9.96. The summed E-state index contributed by atoms with van der Waals surface area (Å²) >= 11 is 0. The first kappa shape index (κ1) is 17.8. The topological polar surface area (TPSA) is 73.9 Å². The summed E-state index contributed by atoms with van der Waals surface area (Å²) in [4.78, 5) is 16.3. The van der Waals surface area contributed by atoms with Gasteiger partial charge in [-0.15, -0.1) is 0 Å². The predicted octanol–water partition coefficient (Wildman–Crippen LogP) is 3.07. The van der Waals surface area contributed by atoms with Gasteiger partial charge in [0, 0.05) is 7.11 Å². The summed E-state index contributed by atoms with van der Waals surface area (Å²) in [6.07, 6.45) is 5.33. The molecule has 3 unspecified atom stereocenters. The minimum atomic E-state index is -1.61. The molecule has 0 aromatic heterocycles. The van der Waals surface area contributed by atoms with E-state index >= 15 is 0 Å². The molecular formula is C19H23FN2O3. The second-order valence-corrected chi connectivity index (χ2v) is 6.41. The van der Waals surface area contributed by atoms with Crippen LogP contribution in [0, 0.1) is 5.92 Å². The van der Waals surface area contributed by atoms with Crippen molar-refractivity contribution in [1.29, 1.82) is 0 Å². The van der Waals surface area contributed by atoms with Crippen LogP contribution < -0.4 is 5.73 Å². The summed E-state index contributed by atoms with van der Waals surface area (Å²) in [6.45, 7) is 0. The monoisotopic (exact) mass is 346 g/mol. The van der Waals surface area contributed by atoms with Crippen molar-refractivity contribution < 1.29 is 18.7 Å². The van der Waals surface area contributed by atoms with Crippen LogP contribution >= 0.6 is 0 Å². The fraction of sp³-hybridized carbons (Fsp3) is 0.474. The van der Waals surface area contributed by atoms with Crippen LogP contribution in [-0.2, 0) is 14.3 Å². The fourth-order valence-electron chi connectivity index (χ4n) is 3.38. The molecule has 0 bridgehead atoms. The number of benzene rings is 1. The summed E-state index contributed by atoms with van der Waals surface area (Å²) in [5.74, 6) is -3.12. The third kappa shape index (κ3) is 3.65. The Labute approximate surface area is 146 Å². The molecule has 1 aliphatic carbocycles. The number of methoxy groups -OCH3 is 1. The number of halogens is 1. The molecule has 25 heavy (non-hydrogen) atoms. The van der Waals surface area contributed by atoms with Crippen LogP contribution in [0.3, 0.4) is 0 Å². The number of hydrogen-bond acceptors (Lipinski definition) is 4. The Morgan fingerprint density at radius 2 is 2.00 bits per heavy atom. The van der Waals surface area contributed by atoms with E-state index in [1.807, 2.05) is 6.07 Å². The maximum Gasteiger partial charge on any atom is 0.285 e. The maximum absolute atomic E-state index is 14.9. The number of nitrogens with zero attached hydrogens (tertiary/aromatic N) is 1. The number of rotatable bonds is 6. The molecular weight excluding hydrogens is 323 g/mol. The van der Waals surface area contributed by atoms with Gasteiger partial charge in [-0.3, -0.25) is 4.79 Å². The van der Waals surface area contributed by atoms with Crippen LogP contribution in [0.4, 0.5) is 4.39 Å². The third-order valence-electron chi connectivity index (χ3n) is 4.73. The van der Waals surface area contributed by atoms with E-state index in [-0.39, 0.29) is 11.8 Å². The SMILES string of the molecule is COC1(OC2CCCC2)N=C(C(F)c2ccccc2)C=CC1C(N)=O. The highest BCUT2D eigenvalue weighted by atomic mass is 19.1. The molecule has 2 N–H and O–H groups in total. The molecule has 1 amide bonds. The minimum absolute atomic E-state index is 0.0758. The summed E-state index contributed by atoms with van der Waals surface area (Å²) in [5.41, 5.74) is 6.15. The van der Waals surface area contributed by atoms with Crippen molar-refractivity contribution in [1.82, 2.24) is 0 Å². The number of aliphatic imine (C=N–C) groups is 1. The summed E-state index contributed by atoms with van der Waals surface area (Å²) in [6, 6.07) is 8.72. The van der Waals surface area contributed by atoms with Gasteiger partial charge in [0.2, 0.25) is 5.91 Å². The number of ether oxygens (including phenoxy) is 2. The first-order chi connectivity index (χ1) is 12.1. The standard InChI is InChI=1S/C19H23FN2O3/c1-24-19(25-14-9-5-6-10-14)15(18(21)23)11-12-16(22-19)17(20)13-7-3-2-4-8-13/h2-4,7-8,11-12,14-15,17H,5-6,9-10H2,1H3,(H2,21,23). The number of dihydropyridines is 1. The Hall–Kier alpha value is -2.05. The van der Waals surface area contributed by atoms with Crippen LogP contribution in [-0.4, -0.2) is 30.7 Å². The van der Waals surface area contributed by atoms with Crippen LogP contribution in [0.5, 0.6) is 0 Å². The maximum atomic E-state index is 14.9. The average Bonchev–Trinajstić information content (AvgIpc) is 3.14. The quantitative estimate of drug-likeness (QED) is 0.805. The lowest BCUT2D eigenvalue weighted by molar-refractivity contribution is -0.257. The van der Waals surface area contributed by atoms with Gasteiger partial charge in [0.15, 0.2) is 6.17 Å². The Balaban J connectivity index is 1.93. The van der Waals surface area contributed by atoms with Gasteiger partial charge >= 0.3 is 0 Å². The van der Waals surface area contributed by atoms with Gasteiger partial charge in [0.05, 0.1) is 11.8 Å². The highest BCUT2D eigenvalue weighted by molar-refractivity contribution is 6.01. The van der Waals surface area contributed by atoms with Crippen LogP contribution in [0.1, 0.15) is 37.4 Å². The fourth-order valence-corrected chi connectivity index (χ4v) is 3.38. The second kappa shape index (κ2) is 7.45. The molecule has 0 spiro atoms. The normalized spacial score (nSPS) is 27.9. The largest absolute Gasteiger partial charge is 0.369 e. The zero-order valence-electron chi connectivity index (χ0n) is 14.2. The first-order valence-electron chi connectivity index (χ1n) is 8.55. The van der Waals surface area contributed by atoms with Gasteiger partial charge in [0.25, 0.3) is 5.91 Å². The molecule has 2 aliphatic rings. The number of amides is 1. The molecule has 134 valence electrons. The van der Waals surface area contributed by atoms with Crippen molar-refractivity contribution in [2.45, 2.75) is 43.9 Å². The smallest absolute Gasteiger partial charge is 0.285 e. The minimum Gasteiger partial charge on any atom is -0.369 e. The van der Waals surface area contributed by atoms with Gasteiger partial charge in [-0.2, -0.15) is 0 Å². The summed E-state index contributed by atoms with van der Waals surface area (Å²) in [5, 5.41) is 0. The molecule has 1 aromatic rings. The van der Waals surface area contributed by atoms with Gasteiger partial charge in [-0.05, 0) is 24.5 Å². The van der Waals surface area contributed by atoms with Gasteiger partial charge in [-0.1, -0.05) is 49.2 Å². The molecule has 6 heteroatoms. The van der Waals surface area contributed by atoms with E-state index in [0.29, 0.717) is 5.56 Å². The highest BCUT2D eigenvalue weighted by Crippen LogP contribution is 2.37. The van der Waals surface area contributed by atoms with E-state index in [2.05, 4.69) is 4.99 Å². The number of carbonyl (C=O) groups is 1.